The molecule has 1 aliphatic rings. The summed E-state index contributed by atoms with van der Waals surface area (Å²) in [6, 6.07) is 20.9. The Morgan fingerprint density at radius 1 is 1.03 bits per heavy atom. The molecule has 5 rings (SSSR count). The predicted octanol–water partition coefficient (Wildman–Crippen LogP) is 5.51. The molecule has 184 valence electrons. The number of carbonyl (C=O) groups is 2. The Morgan fingerprint density at radius 3 is 2.58 bits per heavy atom. The van der Waals surface area contributed by atoms with Crippen LogP contribution < -0.4 is 5.32 Å². The minimum atomic E-state index is -0.532. The number of nitrogens with one attached hydrogen (secondary N) is 2. The average Bonchev–Trinajstić information content (AvgIpc) is 3.54. The van der Waals surface area contributed by atoms with E-state index in [1.165, 1.54) is 16.0 Å². The Kier molecular flexibility index (Phi) is 6.71. The zero-order valence-electron chi connectivity index (χ0n) is 20.6. The number of ether oxygens (including phenoxy) is 1. The minimum absolute atomic E-state index is 0.191. The van der Waals surface area contributed by atoms with Crippen molar-refractivity contribution in [3.8, 4) is 0 Å². The number of anilines is 1. The van der Waals surface area contributed by atoms with Gasteiger partial charge in [-0.3, -0.25) is 9.69 Å². The minimum Gasteiger partial charge on any atom is -0.445 e. The third-order valence-electron chi connectivity index (χ3n) is 6.82. The van der Waals surface area contributed by atoms with Crippen molar-refractivity contribution < 1.29 is 14.3 Å². The summed E-state index contributed by atoms with van der Waals surface area (Å²) < 4.78 is 5.45. The lowest BCUT2D eigenvalue weighted by Crippen LogP contribution is -2.43. The van der Waals surface area contributed by atoms with Gasteiger partial charge >= 0.3 is 6.09 Å². The number of H-pyrrole nitrogens is 1. The lowest BCUT2D eigenvalue weighted by Gasteiger charge is -2.23. The number of fused-ring (bicyclic) bond motifs is 1. The molecular weight excluding hydrogens is 452 g/mol. The van der Waals surface area contributed by atoms with E-state index in [4.69, 9.17) is 9.72 Å². The van der Waals surface area contributed by atoms with Crippen LogP contribution >= 0.6 is 0 Å². The van der Waals surface area contributed by atoms with Crippen LogP contribution in [0.15, 0.2) is 66.7 Å². The predicted molar refractivity (Wildman–Crippen MR) is 140 cm³/mol. The molecule has 1 aromatic heterocycles. The van der Waals surface area contributed by atoms with Crippen LogP contribution in [0, 0.1) is 13.8 Å². The fourth-order valence-corrected chi connectivity index (χ4v) is 4.63. The van der Waals surface area contributed by atoms with Gasteiger partial charge in [-0.25, -0.2) is 9.78 Å². The largest absolute Gasteiger partial charge is 0.445 e. The van der Waals surface area contributed by atoms with Crippen molar-refractivity contribution in [1.82, 2.24) is 14.9 Å². The molecule has 2 heterocycles. The van der Waals surface area contributed by atoms with Gasteiger partial charge in [-0.1, -0.05) is 48.5 Å². The van der Waals surface area contributed by atoms with Crippen LogP contribution in [0.25, 0.3) is 11.0 Å². The lowest BCUT2D eigenvalue weighted by atomic mass is 10.1. The van der Waals surface area contributed by atoms with Gasteiger partial charge in [0.2, 0.25) is 5.91 Å². The van der Waals surface area contributed by atoms with E-state index in [9.17, 15) is 9.59 Å². The number of hydrogen-bond acceptors (Lipinski definition) is 4. The monoisotopic (exact) mass is 482 g/mol. The molecule has 4 aromatic rings. The number of aryl methyl sites for hydroxylation is 2. The van der Waals surface area contributed by atoms with Crippen molar-refractivity contribution >= 4 is 28.7 Å². The number of benzene rings is 3. The van der Waals surface area contributed by atoms with Crippen LogP contribution in [-0.4, -0.2) is 39.5 Å². The summed E-state index contributed by atoms with van der Waals surface area (Å²) in [5.41, 5.74) is 7.18. The Labute approximate surface area is 210 Å². The number of amides is 2. The molecule has 0 bridgehead atoms. The van der Waals surface area contributed by atoms with E-state index < -0.39 is 12.1 Å². The van der Waals surface area contributed by atoms with Crippen molar-refractivity contribution in [3.05, 3.63) is 94.8 Å². The van der Waals surface area contributed by atoms with Gasteiger partial charge in [0.05, 0.1) is 11.0 Å². The van der Waals surface area contributed by atoms with Gasteiger partial charge in [0.1, 0.15) is 18.5 Å². The van der Waals surface area contributed by atoms with E-state index in [1.807, 2.05) is 54.6 Å². The molecule has 0 radical (unpaired) electrons. The van der Waals surface area contributed by atoms with Crippen LogP contribution in [0.4, 0.5) is 10.5 Å². The molecule has 36 heavy (non-hydrogen) atoms. The molecule has 1 saturated heterocycles. The van der Waals surface area contributed by atoms with E-state index in [1.54, 1.807) is 0 Å². The highest BCUT2D eigenvalue weighted by Crippen LogP contribution is 2.23. The van der Waals surface area contributed by atoms with Crippen molar-refractivity contribution in [1.29, 1.82) is 0 Å². The van der Waals surface area contributed by atoms with Crippen molar-refractivity contribution in [2.24, 2.45) is 0 Å². The molecule has 0 saturated carbocycles. The standard InChI is InChI=1S/C29H30N4O3/c1-19-10-15-24-27(20(19)2)32-26(31-24)17-21-11-13-23(14-12-21)30-28(34)25-9-6-16-33(25)29(35)36-18-22-7-4-3-5-8-22/h3-5,7-8,10-15,25H,6,9,16-18H2,1-2H3,(H,30,34)(H,31,32). The van der Waals surface area contributed by atoms with Gasteiger partial charge in [-0.05, 0) is 67.1 Å². The van der Waals surface area contributed by atoms with E-state index in [2.05, 4.69) is 36.3 Å². The van der Waals surface area contributed by atoms with Crippen LogP contribution in [0.5, 0.6) is 0 Å². The van der Waals surface area contributed by atoms with E-state index in [0.29, 0.717) is 25.1 Å². The van der Waals surface area contributed by atoms with Gasteiger partial charge in [-0.2, -0.15) is 0 Å². The van der Waals surface area contributed by atoms with Crippen LogP contribution in [-0.2, 0) is 22.6 Å². The zero-order chi connectivity index (χ0) is 25.1. The summed E-state index contributed by atoms with van der Waals surface area (Å²) in [5.74, 6) is 0.714. The molecule has 1 unspecified atom stereocenters. The summed E-state index contributed by atoms with van der Waals surface area (Å²) in [6.07, 6.45) is 1.61. The normalized spacial score (nSPS) is 15.3. The summed E-state index contributed by atoms with van der Waals surface area (Å²) in [7, 11) is 0. The fraction of sp³-hybridized carbons (Fsp3) is 0.276. The Balaban J connectivity index is 1.18. The summed E-state index contributed by atoms with van der Waals surface area (Å²) in [6.45, 7) is 4.89. The topological polar surface area (TPSA) is 87.3 Å². The highest BCUT2D eigenvalue weighted by Gasteiger charge is 2.35. The number of aromatic nitrogens is 2. The Morgan fingerprint density at radius 2 is 1.81 bits per heavy atom. The van der Waals surface area contributed by atoms with Crippen LogP contribution in [0.3, 0.4) is 0 Å². The first kappa shape index (κ1) is 23.6. The smallest absolute Gasteiger partial charge is 0.410 e. The molecule has 1 aliphatic heterocycles. The zero-order valence-corrected chi connectivity index (χ0v) is 20.6. The first-order valence-corrected chi connectivity index (χ1v) is 12.3. The van der Waals surface area contributed by atoms with Gasteiger partial charge in [0, 0.05) is 18.7 Å². The van der Waals surface area contributed by atoms with Gasteiger partial charge < -0.3 is 15.0 Å². The number of likely N-dealkylation sites (tertiary alicyclic amines) is 1. The van der Waals surface area contributed by atoms with Gasteiger partial charge in [0.25, 0.3) is 0 Å². The molecule has 1 fully saturated rings. The molecule has 2 N–H and O–H groups in total. The third kappa shape index (κ3) is 5.10. The summed E-state index contributed by atoms with van der Waals surface area (Å²) in [4.78, 5) is 35.3. The molecule has 7 heteroatoms. The molecule has 0 aliphatic carbocycles. The first-order chi connectivity index (χ1) is 17.5. The molecular formula is C29H30N4O3. The molecule has 0 spiro atoms. The maximum Gasteiger partial charge on any atom is 0.410 e. The maximum absolute atomic E-state index is 13.0. The molecule has 1 atom stereocenters. The first-order valence-electron chi connectivity index (χ1n) is 12.3. The number of nitrogens with zero attached hydrogens (tertiary/aromatic N) is 2. The second kappa shape index (κ2) is 10.2. The van der Waals surface area contributed by atoms with Gasteiger partial charge in [0.15, 0.2) is 0 Å². The third-order valence-corrected chi connectivity index (χ3v) is 6.82. The number of aromatic amines is 1. The Bertz CT molecular complexity index is 1380. The van der Waals surface area contributed by atoms with Gasteiger partial charge in [-0.15, -0.1) is 0 Å². The highest BCUT2D eigenvalue weighted by molar-refractivity contribution is 5.96. The van der Waals surface area contributed by atoms with E-state index >= 15 is 0 Å². The maximum atomic E-state index is 13.0. The quantitative estimate of drug-likeness (QED) is 0.379. The number of hydrogen-bond donors (Lipinski definition) is 2. The Hall–Kier alpha value is -4.13. The van der Waals surface area contributed by atoms with Crippen molar-refractivity contribution in [3.63, 3.8) is 0 Å². The number of carbonyl (C=O) groups excluding carboxylic acids is 2. The van der Waals surface area contributed by atoms with Crippen molar-refractivity contribution in [2.45, 2.75) is 45.8 Å². The fourth-order valence-electron chi connectivity index (χ4n) is 4.63. The van der Waals surface area contributed by atoms with Crippen LogP contribution in [0.1, 0.15) is 40.9 Å². The summed E-state index contributed by atoms with van der Waals surface area (Å²) >= 11 is 0. The van der Waals surface area contributed by atoms with E-state index in [0.717, 1.165) is 34.4 Å². The van der Waals surface area contributed by atoms with Crippen molar-refractivity contribution in [2.75, 3.05) is 11.9 Å². The lowest BCUT2D eigenvalue weighted by molar-refractivity contribution is -0.120. The second-order valence-corrected chi connectivity index (χ2v) is 9.34. The second-order valence-electron chi connectivity index (χ2n) is 9.34. The van der Waals surface area contributed by atoms with E-state index in [-0.39, 0.29) is 12.5 Å². The molecule has 7 nitrogen and oxygen atoms in total. The summed E-state index contributed by atoms with van der Waals surface area (Å²) in [5, 5.41) is 2.96. The number of imidazole rings is 1. The van der Waals surface area contributed by atoms with Crippen LogP contribution in [0.2, 0.25) is 0 Å². The molecule has 2 amide bonds. The highest BCUT2D eigenvalue weighted by atomic mass is 16.6. The molecule has 3 aromatic carbocycles. The number of rotatable bonds is 6. The average molecular weight is 483 g/mol. The SMILES string of the molecule is Cc1ccc2[nH]c(Cc3ccc(NC(=O)C4CCCN4C(=O)OCc4ccccc4)cc3)nc2c1C.